The third-order valence-electron chi connectivity index (χ3n) is 3.29. The first-order valence-corrected chi connectivity index (χ1v) is 7.01. The molecule has 4 heteroatoms. The molecule has 1 N–H and O–H groups in total. The number of aromatic nitrogens is 2. The lowest BCUT2D eigenvalue weighted by Crippen LogP contribution is -2.25. The van der Waals surface area contributed by atoms with E-state index in [1.807, 2.05) is 19.3 Å². The molecule has 94 valence electrons. The Balaban J connectivity index is 1.67. The highest BCUT2D eigenvalue weighted by atomic mass is 32.2. The molecule has 2 unspecified atom stereocenters. The van der Waals surface area contributed by atoms with Gasteiger partial charge in [-0.15, -0.1) is 11.8 Å². The zero-order chi connectivity index (χ0) is 12.5. The van der Waals surface area contributed by atoms with Crippen LogP contribution < -0.4 is 0 Å². The Morgan fingerprint density at radius 3 is 3.00 bits per heavy atom. The van der Waals surface area contributed by atoms with Gasteiger partial charge >= 0.3 is 0 Å². The van der Waals surface area contributed by atoms with Gasteiger partial charge in [0.25, 0.3) is 0 Å². The van der Waals surface area contributed by atoms with Gasteiger partial charge in [-0.2, -0.15) is 5.10 Å². The highest BCUT2D eigenvalue weighted by Crippen LogP contribution is 2.38. The number of benzene rings is 1. The Morgan fingerprint density at radius 2 is 2.28 bits per heavy atom. The molecule has 0 aliphatic carbocycles. The van der Waals surface area contributed by atoms with Crippen molar-refractivity contribution in [1.29, 1.82) is 0 Å². The molecule has 3 rings (SSSR count). The second-order valence-corrected chi connectivity index (χ2v) is 6.00. The van der Waals surface area contributed by atoms with Crippen molar-refractivity contribution in [2.75, 3.05) is 0 Å². The van der Waals surface area contributed by atoms with E-state index >= 15 is 0 Å². The monoisotopic (exact) mass is 260 g/mol. The van der Waals surface area contributed by atoms with Crippen molar-refractivity contribution in [3.05, 3.63) is 47.8 Å². The fourth-order valence-electron chi connectivity index (χ4n) is 2.34. The number of thioether (sulfide) groups is 1. The third kappa shape index (κ3) is 2.31. The van der Waals surface area contributed by atoms with Gasteiger partial charge in [-0.05, 0) is 24.1 Å². The fraction of sp³-hybridized carbons (Fsp3) is 0.357. The maximum Gasteiger partial charge on any atom is 0.0721 e. The summed E-state index contributed by atoms with van der Waals surface area (Å²) < 4.78 is 1.78. The van der Waals surface area contributed by atoms with E-state index in [0.717, 1.165) is 12.1 Å². The predicted molar refractivity (Wildman–Crippen MR) is 72.7 cm³/mol. The molecule has 2 heterocycles. The van der Waals surface area contributed by atoms with Crippen LogP contribution in [0.3, 0.4) is 0 Å². The molecule has 0 radical (unpaired) electrons. The van der Waals surface area contributed by atoms with Crippen LogP contribution in [-0.4, -0.2) is 26.2 Å². The number of fused-ring (bicyclic) bond motifs is 1. The molecule has 0 fully saturated rings. The average Bonchev–Trinajstić information content (AvgIpc) is 2.95. The molecule has 0 amide bonds. The van der Waals surface area contributed by atoms with E-state index < -0.39 is 0 Å². The van der Waals surface area contributed by atoms with Crippen molar-refractivity contribution in [2.45, 2.75) is 29.1 Å². The van der Waals surface area contributed by atoms with E-state index in [1.165, 1.54) is 10.5 Å². The van der Waals surface area contributed by atoms with Gasteiger partial charge in [0.15, 0.2) is 0 Å². The third-order valence-corrected chi connectivity index (χ3v) is 4.72. The van der Waals surface area contributed by atoms with Gasteiger partial charge in [-0.1, -0.05) is 18.2 Å². The Kier molecular flexibility index (Phi) is 3.14. The molecule has 2 aromatic rings. The van der Waals surface area contributed by atoms with E-state index in [1.54, 1.807) is 16.4 Å². The van der Waals surface area contributed by atoms with E-state index in [4.69, 9.17) is 0 Å². The zero-order valence-electron chi connectivity index (χ0n) is 10.3. The summed E-state index contributed by atoms with van der Waals surface area (Å²) in [6.07, 6.45) is 3.16. The fourth-order valence-corrected chi connectivity index (χ4v) is 3.64. The van der Waals surface area contributed by atoms with Crippen LogP contribution in [0.4, 0.5) is 0 Å². The number of aliphatic hydroxyl groups is 1. The molecule has 1 aromatic carbocycles. The number of nitrogens with zero attached hydrogens (tertiary/aromatic N) is 2. The molecule has 2 atom stereocenters. The number of hydrogen-bond acceptors (Lipinski definition) is 3. The van der Waals surface area contributed by atoms with Gasteiger partial charge in [-0.3, -0.25) is 4.68 Å². The highest BCUT2D eigenvalue weighted by Gasteiger charge is 2.28. The van der Waals surface area contributed by atoms with Crippen molar-refractivity contribution < 1.29 is 5.11 Å². The SMILES string of the molecule is Cn1ccc(CC(O)C2Cc3ccccc3S2)n1. The van der Waals surface area contributed by atoms with Gasteiger partial charge in [0.05, 0.1) is 11.8 Å². The van der Waals surface area contributed by atoms with Crippen molar-refractivity contribution in [3.8, 4) is 0 Å². The van der Waals surface area contributed by atoms with Crippen molar-refractivity contribution in [2.24, 2.45) is 7.05 Å². The topological polar surface area (TPSA) is 38.0 Å². The summed E-state index contributed by atoms with van der Waals surface area (Å²) in [5.74, 6) is 0. The zero-order valence-corrected chi connectivity index (χ0v) is 11.1. The van der Waals surface area contributed by atoms with Crippen LogP contribution in [0, 0.1) is 0 Å². The summed E-state index contributed by atoms with van der Waals surface area (Å²) >= 11 is 1.79. The van der Waals surface area contributed by atoms with E-state index in [9.17, 15) is 5.11 Å². The molecule has 0 saturated heterocycles. The molecule has 3 nitrogen and oxygen atoms in total. The quantitative estimate of drug-likeness (QED) is 0.917. The van der Waals surface area contributed by atoms with Crippen LogP contribution in [0.25, 0.3) is 0 Å². The van der Waals surface area contributed by atoms with Gasteiger partial charge in [-0.25, -0.2) is 0 Å². The van der Waals surface area contributed by atoms with Crippen LogP contribution in [0.2, 0.25) is 0 Å². The predicted octanol–water partition coefficient (Wildman–Crippen LogP) is 2.04. The molecule has 18 heavy (non-hydrogen) atoms. The normalized spacial score (nSPS) is 19.8. The Morgan fingerprint density at radius 1 is 1.44 bits per heavy atom. The van der Waals surface area contributed by atoms with Crippen LogP contribution in [0.1, 0.15) is 11.3 Å². The summed E-state index contributed by atoms with van der Waals surface area (Å²) in [4.78, 5) is 1.31. The second-order valence-electron chi connectivity index (χ2n) is 4.72. The van der Waals surface area contributed by atoms with E-state index in [-0.39, 0.29) is 11.4 Å². The van der Waals surface area contributed by atoms with Crippen LogP contribution >= 0.6 is 11.8 Å². The minimum atomic E-state index is -0.336. The Hall–Kier alpha value is -1.26. The summed E-state index contributed by atoms with van der Waals surface area (Å²) in [7, 11) is 1.90. The minimum Gasteiger partial charge on any atom is -0.392 e. The van der Waals surface area contributed by atoms with Gasteiger partial charge in [0.2, 0.25) is 0 Å². The van der Waals surface area contributed by atoms with Crippen molar-refractivity contribution >= 4 is 11.8 Å². The van der Waals surface area contributed by atoms with Gasteiger partial charge in [0, 0.05) is 29.8 Å². The second kappa shape index (κ2) is 4.78. The summed E-state index contributed by atoms with van der Waals surface area (Å²) in [5.41, 5.74) is 2.31. The minimum absolute atomic E-state index is 0.254. The standard InChI is InChI=1S/C14H16N2OS/c1-16-7-6-11(15-16)9-12(17)14-8-10-4-2-3-5-13(10)18-14/h2-7,12,14,17H,8-9H2,1H3. The van der Waals surface area contributed by atoms with Crippen LogP contribution in [0.15, 0.2) is 41.4 Å². The largest absolute Gasteiger partial charge is 0.392 e. The molecule has 1 aromatic heterocycles. The van der Waals surface area contributed by atoms with E-state index in [2.05, 4.69) is 29.4 Å². The number of aryl methyl sites for hydroxylation is 1. The Labute approximate surface area is 111 Å². The van der Waals surface area contributed by atoms with Crippen molar-refractivity contribution in [1.82, 2.24) is 9.78 Å². The number of hydrogen-bond donors (Lipinski definition) is 1. The molecular weight excluding hydrogens is 244 g/mol. The lowest BCUT2D eigenvalue weighted by atomic mass is 10.0. The highest BCUT2D eigenvalue weighted by molar-refractivity contribution is 8.00. The lowest BCUT2D eigenvalue weighted by molar-refractivity contribution is 0.171. The maximum atomic E-state index is 10.3. The number of rotatable bonds is 3. The Bertz CT molecular complexity index is 527. The van der Waals surface area contributed by atoms with E-state index in [0.29, 0.717) is 6.42 Å². The van der Waals surface area contributed by atoms with Gasteiger partial charge < -0.3 is 5.11 Å². The van der Waals surface area contributed by atoms with Crippen molar-refractivity contribution in [3.63, 3.8) is 0 Å². The number of aliphatic hydroxyl groups excluding tert-OH is 1. The van der Waals surface area contributed by atoms with Crippen LogP contribution in [-0.2, 0) is 19.9 Å². The molecule has 1 aliphatic heterocycles. The molecular formula is C14H16N2OS. The molecule has 0 saturated carbocycles. The molecule has 1 aliphatic rings. The summed E-state index contributed by atoms with van der Waals surface area (Å²) in [5, 5.41) is 14.9. The lowest BCUT2D eigenvalue weighted by Gasteiger charge is -2.15. The van der Waals surface area contributed by atoms with Gasteiger partial charge in [0.1, 0.15) is 0 Å². The smallest absolute Gasteiger partial charge is 0.0721 e. The summed E-state index contributed by atoms with van der Waals surface area (Å²) in [6.45, 7) is 0. The average molecular weight is 260 g/mol. The molecule has 0 spiro atoms. The maximum absolute atomic E-state index is 10.3. The van der Waals surface area contributed by atoms with Crippen LogP contribution in [0.5, 0.6) is 0 Å². The first kappa shape index (κ1) is 11.8. The first-order valence-electron chi connectivity index (χ1n) is 6.13. The summed E-state index contributed by atoms with van der Waals surface area (Å²) in [6, 6.07) is 10.4. The molecule has 0 bridgehead atoms. The first-order chi connectivity index (χ1) is 8.72.